The second kappa shape index (κ2) is 9.47. The van der Waals surface area contributed by atoms with Crippen LogP contribution in [0.15, 0.2) is 33.6 Å². The van der Waals surface area contributed by atoms with Crippen molar-refractivity contribution in [1.29, 1.82) is 0 Å². The van der Waals surface area contributed by atoms with Crippen LogP contribution in [-0.2, 0) is 14.3 Å². The van der Waals surface area contributed by atoms with Crippen LogP contribution in [0.2, 0.25) is 0 Å². The van der Waals surface area contributed by atoms with Gasteiger partial charge in [-0.25, -0.2) is 0 Å². The van der Waals surface area contributed by atoms with Crippen molar-refractivity contribution < 1.29 is 14.3 Å². The number of hydrogen-bond donors (Lipinski definition) is 0. The fourth-order valence-corrected chi connectivity index (χ4v) is 3.78. The zero-order valence-corrected chi connectivity index (χ0v) is 17.2. The minimum absolute atomic E-state index is 0.129. The first-order valence-corrected chi connectivity index (χ1v) is 9.70. The molecule has 1 aliphatic heterocycles. The highest BCUT2D eigenvalue weighted by atomic mass is 79.9. The normalized spacial score (nSPS) is 16.2. The Hall–Kier alpha value is -1.22. The summed E-state index contributed by atoms with van der Waals surface area (Å²) in [4.78, 5) is 28.2. The van der Waals surface area contributed by atoms with Crippen molar-refractivity contribution in [3.05, 3.63) is 39.2 Å². The summed E-state index contributed by atoms with van der Waals surface area (Å²) >= 11 is 9.93. The number of halogens is 1. The third-order valence-corrected chi connectivity index (χ3v) is 5.23. The number of thiocarbonyl (C=S) groups is 1. The molecular weight excluding hydrogens is 424 g/mol. The molecule has 0 aromatic heterocycles. The van der Waals surface area contributed by atoms with E-state index in [-0.39, 0.29) is 24.8 Å². The maximum atomic E-state index is 12.5. The first kappa shape index (κ1) is 20.1. The number of rotatable bonds is 7. The number of likely N-dealkylation sites (N-methyl/N-ethyl adjacent to an activating group) is 1. The molecule has 0 N–H and O–H groups in total. The van der Waals surface area contributed by atoms with Crippen molar-refractivity contribution in [2.24, 2.45) is 0 Å². The Morgan fingerprint density at radius 3 is 2.88 bits per heavy atom. The summed E-state index contributed by atoms with van der Waals surface area (Å²) in [5.41, 5.74) is 0.915. The lowest BCUT2D eigenvalue weighted by Crippen LogP contribution is -2.31. The van der Waals surface area contributed by atoms with Crippen LogP contribution in [-0.4, -0.2) is 59.8 Å². The number of hydrogen-bond acceptors (Lipinski definition) is 6. The summed E-state index contributed by atoms with van der Waals surface area (Å²) in [5, 5.41) is 0. The van der Waals surface area contributed by atoms with Gasteiger partial charge in [0.2, 0.25) is 0 Å². The Balaban J connectivity index is 1.91. The lowest BCUT2D eigenvalue weighted by molar-refractivity contribution is -0.144. The fourth-order valence-electron chi connectivity index (χ4n) is 2.06. The molecular formula is C17H19BrN2O3S2. The number of carbonyl (C=O) groups excluding carboxylic acids is 2. The molecule has 0 saturated carbocycles. The minimum Gasteiger partial charge on any atom is -0.464 e. The maximum Gasteiger partial charge on any atom is 0.307 e. The number of esters is 1. The lowest BCUT2D eigenvalue weighted by atomic mass is 10.2. The van der Waals surface area contributed by atoms with Gasteiger partial charge in [0, 0.05) is 17.6 Å². The van der Waals surface area contributed by atoms with Crippen LogP contribution in [0.1, 0.15) is 12.0 Å². The summed E-state index contributed by atoms with van der Waals surface area (Å²) < 4.78 is 6.54. The van der Waals surface area contributed by atoms with Crippen LogP contribution in [0.25, 0.3) is 6.08 Å². The Bertz CT molecular complexity index is 707. The molecule has 0 spiro atoms. The number of amides is 1. The van der Waals surface area contributed by atoms with Crippen molar-refractivity contribution in [2.45, 2.75) is 6.42 Å². The van der Waals surface area contributed by atoms with E-state index in [2.05, 4.69) is 15.9 Å². The van der Waals surface area contributed by atoms with Gasteiger partial charge in [-0.3, -0.25) is 14.5 Å². The van der Waals surface area contributed by atoms with E-state index in [4.69, 9.17) is 17.0 Å². The SMILES string of the molecule is CN(C)CCOC(=O)CCN1C(=O)/C(=C\c2cccc(Br)c2)SC1=S. The quantitative estimate of drug-likeness (QED) is 0.367. The molecule has 8 heteroatoms. The number of ether oxygens (including phenoxy) is 1. The molecule has 0 atom stereocenters. The van der Waals surface area contributed by atoms with E-state index in [9.17, 15) is 9.59 Å². The van der Waals surface area contributed by atoms with Gasteiger partial charge in [0.05, 0.1) is 11.3 Å². The van der Waals surface area contributed by atoms with Crippen LogP contribution in [0, 0.1) is 0 Å². The van der Waals surface area contributed by atoms with Crippen molar-refractivity contribution in [1.82, 2.24) is 9.80 Å². The topological polar surface area (TPSA) is 49.9 Å². The zero-order chi connectivity index (χ0) is 18.4. The van der Waals surface area contributed by atoms with E-state index in [1.807, 2.05) is 43.3 Å². The van der Waals surface area contributed by atoms with E-state index in [1.54, 1.807) is 6.08 Å². The zero-order valence-electron chi connectivity index (χ0n) is 14.0. The van der Waals surface area contributed by atoms with E-state index < -0.39 is 0 Å². The Kier molecular flexibility index (Phi) is 7.61. The molecule has 0 aliphatic carbocycles. The molecule has 1 fully saturated rings. The Morgan fingerprint density at radius 2 is 2.20 bits per heavy atom. The third-order valence-electron chi connectivity index (χ3n) is 3.36. The average Bonchev–Trinajstić information content (AvgIpc) is 2.79. The highest BCUT2D eigenvalue weighted by molar-refractivity contribution is 9.10. The molecule has 25 heavy (non-hydrogen) atoms. The third kappa shape index (κ3) is 6.22. The number of benzene rings is 1. The first-order chi connectivity index (χ1) is 11.9. The van der Waals surface area contributed by atoms with E-state index >= 15 is 0 Å². The molecule has 1 saturated heterocycles. The summed E-state index contributed by atoms with van der Waals surface area (Å²) in [6.07, 6.45) is 1.93. The van der Waals surface area contributed by atoms with Crippen LogP contribution >= 0.6 is 39.9 Å². The smallest absolute Gasteiger partial charge is 0.307 e. The van der Waals surface area contributed by atoms with Gasteiger partial charge in [-0.15, -0.1) is 0 Å². The Labute approximate surface area is 165 Å². The predicted molar refractivity (Wildman–Crippen MR) is 108 cm³/mol. The van der Waals surface area contributed by atoms with E-state index in [0.717, 1.165) is 10.0 Å². The average molecular weight is 443 g/mol. The van der Waals surface area contributed by atoms with Gasteiger partial charge in [-0.05, 0) is 37.9 Å². The summed E-state index contributed by atoms with van der Waals surface area (Å²) in [7, 11) is 3.82. The molecule has 5 nitrogen and oxygen atoms in total. The summed E-state index contributed by atoms with van der Waals surface area (Å²) in [5.74, 6) is -0.497. The highest BCUT2D eigenvalue weighted by Crippen LogP contribution is 2.32. The molecule has 0 unspecified atom stereocenters. The van der Waals surface area contributed by atoms with Gasteiger partial charge in [0.1, 0.15) is 10.9 Å². The standard InChI is InChI=1S/C17H19BrN2O3S2/c1-19(2)8-9-23-15(21)6-7-20-16(22)14(25-17(20)24)11-12-4-3-5-13(18)10-12/h3-5,10-11H,6-9H2,1-2H3/b14-11+. The van der Waals surface area contributed by atoms with Gasteiger partial charge in [-0.2, -0.15) is 0 Å². The minimum atomic E-state index is -0.327. The molecule has 2 rings (SSSR count). The monoisotopic (exact) mass is 442 g/mol. The second-order valence-electron chi connectivity index (χ2n) is 5.66. The van der Waals surface area contributed by atoms with Crippen LogP contribution in [0.4, 0.5) is 0 Å². The number of carbonyl (C=O) groups is 2. The van der Waals surface area contributed by atoms with Crippen LogP contribution in [0.5, 0.6) is 0 Å². The molecule has 0 bridgehead atoms. The molecule has 1 aromatic rings. The first-order valence-electron chi connectivity index (χ1n) is 7.68. The van der Waals surface area contributed by atoms with Crippen molar-refractivity contribution in [2.75, 3.05) is 33.8 Å². The van der Waals surface area contributed by atoms with Gasteiger partial charge in [0.15, 0.2) is 0 Å². The lowest BCUT2D eigenvalue weighted by Gasteiger charge is -2.14. The maximum absolute atomic E-state index is 12.5. The molecule has 1 aromatic carbocycles. The van der Waals surface area contributed by atoms with Crippen molar-refractivity contribution in [3.8, 4) is 0 Å². The molecule has 134 valence electrons. The molecule has 1 heterocycles. The van der Waals surface area contributed by atoms with Gasteiger partial charge >= 0.3 is 5.97 Å². The number of nitrogens with zero attached hydrogens (tertiary/aromatic N) is 2. The van der Waals surface area contributed by atoms with E-state index in [0.29, 0.717) is 22.4 Å². The summed E-state index contributed by atoms with van der Waals surface area (Å²) in [6.45, 7) is 1.25. The molecule has 1 amide bonds. The van der Waals surface area contributed by atoms with Gasteiger partial charge < -0.3 is 9.64 Å². The summed E-state index contributed by atoms with van der Waals surface area (Å²) in [6, 6.07) is 7.67. The van der Waals surface area contributed by atoms with E-state index in [1.165, 1.54) is 16.7 Å². The molecule has 1 aliphatic rings. The Morgan fingerprint density at radius 1 is 1.44 bits per heavy atom. The second-order valence-corrected chi connectivity index (χ2v) is 8.25. The molecule has 0 radical (unpaired) electrons. The van der Waals surface area contributed by atoms with Crippen LogP contribution < -0.4 is 0 Å². The van der Waals surface area contributed by atoms with Crippen molar-refractivity contribution >= 4 is 62.2 Å². The van der Waals surface area contributed by atoms with Crippen molar-refractivity contribution in [3.63, 3.8) is 0 Å². The largest absolute Gasteiger partial charge is 0.464 e. The van der Waals surface area contributed by atoms with Gasteiger partial charge in [-0.1, -0.05) is 52.0 Å². The predicted octanol–water partition coefficient (Wildman–Crippen LogP) is 3.15. The van der Waals surface area contributed by atoms with Crippen LogP contribution in [0.3, 0.4) is 0 Å². The number of thioether (sulfide) groups is 1. The fraction of sp³-hybridized carbons (Fsp3) is 0.353. The highest BCUT2D eigenvalue weighted by Gasteiger charge is 2.32. The van der Waals surface area contributed by atoms with Gasteiger partial charge in [0.25, 0.3) is 5.91 Å².